The van der Waals surface area contributed by atoms with Crippen molar-refractivity contribution >= 4 is 17.9 Å². The van der Waals surface area contributed by atoms with E-state index in [1.54, 1.807) is 18.3 Å². The lowest BCUT2D eigenvalue weighted by Gasteiger charge is -2.03. The summed E-state index contributed by atoms with van der Waals surface area (Å²) in [7, 11) is 3.34. The maximum absolute atomic E-state index is 11.4. The van der Waals surface area contributed by atoms with E-state index < -0.39 is 0 Å². The molecule has 0 aliphatic carbocycles. The minimum Gasteiger partial charge on any atom is -0.465 e. The van der Waals surface area contributed by atoms with E-state index in [1.165, 1.54) is 7.11 Å². The molecule has 0 saturated heterocycles. The SMILES string of the molecule is COC(=O)c1ccc(N=Cc2ccn(C)c2)c(C)c1. The zero-order valence-electron chi connectivity index (χ0n) is 11.3. The van der Waals surface area contributed by atoms with Crippen molar-refractivity contribution in [3.63, 3.8) is 0 Å². The Bertz CT molecular complexity index is 627. The van der Waals surface area contributed by atoms with Gasteiger partial charge in [0.15, 0.2) is 0 Å². The maximum Gasteiger partial charge on any atom is 0.337 e. The monoisotopic (exact) mass is 256 g/mol. The van der Waals surface area contributed by atoms with Crippen LogP contribution in [0.5, 0.6) is 0 Å². The molecular formula is C15H16N2O2. The number of carbonyl (C=O) groups is 1. The van der Waals surface area contributed by atoms with E-state index in [0.29, 0.717) is 5.56 Å². The number of ether oxygens (including phenoxy) is 1. The van der Waals surface area contributed by atoms with Crippen LogP contribution < -0.4 is 0 Å². The van der Waals surface area contributed by atoms with Gasteiger partial charge < -0.3 is 9.30 Å². The summed E-state index contributed by atoms with van der Waals surface area (Å²) >= 11 is 0. The van der Waals surface area contributed by atoms with Crippen molar-refractivity contribution in [1.82, 2.24) is 4.57 Å². The van der Waals surface area contributed by atoms with Crippen LogP contribution in [0.3, 0.4) is 0 Å². The average molecular weight is 256 g/mol. The Morgan fingerprint density at radius 3 is 2.74 bits per heavy atom. The highest BCUT2D eigenvalue weighted by atomic mass is 16.5. The minimum atomic E-state index is -0.332. The second-order valence-electron chi connectivity index (χ2n) is 4.36. The van der Waals surface area contributed by atoms with Gasteiger partial charge in [-0.15, -0.1) is 0 Å². The van der Waals surface area contributed by atoms with Gasteiger partial charge in [-0.05, 0) is 36.8 Å². The molecule has 2 rings (SSSR count). The fraction of sp³-hybridized carbons (Fsp3) is 0.200. The first-order valence-electron chi connectivity index (χ1n) is 5.95. The molecule has 4 heteroatoms. The number of hydrogen-bond acceptors (Lipinski definition) is 3. The fourth-order valence-electron chi connectivity index (χ4n) is 1.79. The van der Waals surface area contributed by atoms with Gasteiger partial charge in [-0.3, -0.25) is 4.99 Å². The van der Waals surface area contributed by atoms with Gasteiger partial charge >= 0.3 is 5.97 Å². The molecule has 0 radical (unpaired) electrons. The Labute approximate surface area is 112 Å². The number of aliphatic imine (C=N–C) groups is 1. The van der Waals surface area contributed by atoms with Gasteiger partial charge in [-0.25, -0.2) is 4.79 Å². The quantitative estimate of drug-likeness (QED) is 0.626. The van der Waals surface area contributed by atoms with E-state index >= 15 is 0 Å². The van der Waals surface area contributed by atoms with Gasteiger partial charge in [0.1, 0.15) is 0 Å². The van der Waals surface area contributed by atoms with Gasteiger partial charge in [0.2, 0.25) is 0 Å². The van der Waals surface area contributed by atoms with E-state index in [9.17, 15) is 4.79 Å². The Morgan fingerprint density at radius 1 is 1.37 bits per heavy atom. The molecule has 1 aromatic heterocycles. The lowest BCUT2D eigenvalue weighted by atomic mass is 10.1. The predicted molar refractivity (Wildman–Crippen MR) is 75.2 cm³/mol. The highest BCUT2D eigenvalue weighted by Gasteiger charge is 2.06. The van der Waals surface area contributed by atoms with Crippen molar-refractivity contribution in [3.8, 4) is 0 Å². The molecule has 19 heavy (non-hydrogen) atoms. The average Bonchev–Trinajstić information content (AvgIpc) is 2.82. The number of benzene rings is 1. The second kappa shape index (κ2) is 5.52. The fourth-order valence-corrected chi connectivity index (χ4v) is 1.79. The van der Waals surface area contributed by atoms with E-state index in [-0.39, 0.29) is 5.97 Å². The van der Waals surface area contributed by atoms with Crippen LogP contribution in [0.2, 0.25) is 0 Å². The number of esters is 1. The highest BCUT2D eigenvalue weighted by molar-refractivity contribution is 5.90. The number of aryl methyl sites for hydroxylation is 2. The molecular weight excluding hydrogens is 240 g/mol. The van der Waals surface area contributed by atoms with Gasteiger partial charge in [-0.2, -0.15) is 0 Å². The molecule has 98 valence electrons. The number of aromatic nitrogens is 1. The van der Waals surface area contributed by atoms with Crippen molar-refractivity contribution in [1.29, 1.82) is 0 Å². The Hall–Kier alpha value is -2.36. The molecule has 0 atom stereocenters. The summed E-state index contributed by atoms with van der Waals surface area (Å²) in [6.07, 6.45) is 5.76. The molecule has 0 saturated carbocycles. The minimum absolute atomic E-state index is 0.332. The van der Waals surface area contributed by atoms with Crippen molar-refractivity contribution in [2.24, 2.45) is 12.0 Å². The summed E-state index contributed by atoms with van der Waals surface area (Å²) in [5.41, 5.74) is 3.36. The van der Waals surface area contributed by atoms with E-state index in [0.717, 1.165) is 16.8 Å². The summed E-state index contributed by atoms with van der Waals surface area (Å²) in [5, 5.41) is 0. The molecule has 1 aromatic carbocycles. The normalized spacial score (nSPS) is 10.9. The summed E-state index contributed by atoms with van der Waals surface area (Å²) < 4.78 is 6.65. The first-order chi connectivity index (χ1) is 9.10. The summed E-state index contributed by atoms with van der Waals surface area (Å²) in [6.45, 7) is 1.92. The van der Waals surface area contributed by atoms with Crippen molar-refractivity contribution < 1.29 is 9.53 Å². The molecule has 4 nitrogen and oxygen atoms in total. The second-order valence-corrected chi connectivity index (χ2v) is 4.36. The van der Waals surface area contributed by atoms with Crippen LogP contribution >= 0.6 is 0 Å². The lowest BCUT2D eigenvalue weighted by Crippen LogP contribution is -2.00. The van der Waals surface area contributed by atoms with Crippen LogP contribution in [0.1, 0.15) is 21.5 Å². The number of methoxy groups -OCH3 is 1. The van der Waals surface area contributed by atoms with Crippen molar-refractivity contribution in [3.05, 3.63) is 53.3 Å². The van der Waals surface area contributed by atoms with Gasteiger partial charge in [0.25, 0.3) is 0 Å². The summed E-state index contributed by atoms with van der Waals surface area (Å²) in [5.74, 6) is -0.332. The van der Waals surface area contributed by atoms with Crippen molar-refractivity contribution in [2.75, 3.05) is 7.11 Å². The molecule has 2 aromatic rings. The van der Waals surface area contributed by atoms with E-state index in [1.807, 2.05) is 43.1 Å². The molecule has 0 aliphatic heterocycles. The van der Waals surface area contributed by atoms with Crippen LogP contribution in [0.4, 0.5) is 5.69 Å². The third-order valence-corrected chi connectivity index (χ3v) is 2.83. The molecule has 0 aliphatic rings. The molecule has 0 spiro atoms. The topological polar surface area (TPSA) is 43.6 Å². The number of carbonyl (C=O) groups excluding carboxylic acids is 1. The largest absolute Gasteiger partial charge is 0.465 e. The Morgan fingerprint density at radius 2 is 2.16 bits per heavy atom. The molecule has 0 N–H and O–H groups in total. The summed E-state index contributed by atoms with van der Waals surface area (Å²) in [6, 6.07) is 7.31. The first kappa shape index (κ1) is 13.1. The lowest BCUT2D eigenvalue weighted by molar-refractivity contribution is 0.0600. The summed E-state index contributed by atoms with van der Waals surface area (Å²) in [4.78, 5) is 15.8. The number of rotatable bonds is 3. The first-order valence-corrected chi connectivity index (χ1v) is 5.95. The predicted octanol–water partition coefficient (Wildman–Crippen LogP) is 2.87. The van der Waals surface area contributed by atoms with Crippen LogP contribution in [0.25, 0.3) is 0 Å². The Balaban J connectivity index is 2.22. The smallest absolute Gasteiger partial charge is 0.337 e. The number of nitrogens with zero attached hydrogens (tertiary/aromatic N) is 2. The van der Waals surface area contributed by atoms with Gasteiger partial charge in [0.05, 0.1) is 18.4 Å². The van der Waals surface area contributed by atoms with Crippen molar-refractivity contribution in [2.45, 2.75) is 6.92 Å². The zero-order valence-corrected chi connectivity index (χ0v) is 11.3. The van der Waals surface area contributed by atoms with Crippen LogP contribution in [-0.4, -0.2) is 23.9 Å². The van der Waals surface area contributed by atoms with Crippen LogP contribution in [0.15, 0.2) is 41.7 Å². The molecule has 0 bridgehead atoms. The zero-order chi connectivity index (χ0) is 13.8. The maximum atomic E-state index is 11.4. The van der Waals surface area contributed by atoms with E-state index in [4.69, 9.17) is 0 Å². The number of hydrogen-bond donors (Lipinski definition) is 0. The van der Waals surface area contributed by atoms with E-state index in [2.05, 4.69) is 9.73 Å². The third-order valence-electron chi connectivity index (χ3n) is 2.83. The van der Waals surface area contributed by atoms with Crippen LogP contribution in [0, 0.1) is 6.92 Å². The highest BCUT2D eigenvalue weighted by Crippen LogP contribution is 2.20. The van der Waals surface area contributed by atoms with Gasteiger partial charge in [0, 0.05) is 31.2 Å². The third kappa shape index (κ3) is 3.10. The standard InChI is InChI=1S/C15H16N2O2/c1-11-8-13(15(18)19-3)4-5-14(11)16-9-12-6-7-17(2)10-12/h4-10H,1-3H3. The molecule has 0 amide bonds. The Kier molecular flexibility index (Phi) is 3.80. The van der Waals surface area contributed by atoms with Crippen LogP contribution in [-0.2, 0) is 11.8 Å². The molecule has 0 fully saturated rings. The van der Waals surface area contributed by atoms with Gasteiger partial charge in [-0.1, -0.05) is 0 Å². The molecule has 1 heterocycles. The molecule has 0 unspecified atom stereocenters.